The maximum absolute atomic E-state index is 12.1. The van der Waals surface area contributed by atoms with Crippen molar-refractivity contribution in [2.75, 3.05) is 11.9 Å². The highest BCUT2D eigenvalue weighted by Gasteiger charge is 2.25. The molecule has 1 aromatic carbocycles. The molecule has 1 atom stereocenters. The van der Waals surface area contributed by atoms with E-state index in [1.807, 2.05) is 48.8 Å². The van der Waals surface area contributed by atoms with Gasteiger partial charge < -0.3 is 14.0 Å². The molecule has 0 spiro atoms. The van der Waals surface area contributed by atoms with Crippen LogP contribution in [0.4, 0.5) is 5.95 Å². The molecule has 8 nitrogen and oxygen atoms in total. The Morgan fingerprint density at radius 1 is 1.14 bits per heavy atom. The quantitative estimate of drug-likeness (QED) is 0.584. The molecule has 28 heavy (non-hydrogen) atoms. The predicted octanol–water partition coefficient (Wildman–Crippen LogP) is 3.32. The van der Waals surface area contributed by atoms with Crippen LogP contribution in [-0.2, 0) is 11.3 Å². The van der Waals surface area contributed by atoms with Gasteiger partial charge in [0, 0.05) is 25.4 Å². The topological polar surface area (TPSA) is 94.1 Å². The van der Waals surface area contributed by atoms with Crippen molar-refractivity contribution in [2.45, 2.75) is 38.3 Å². The molecule has 0 saturated heterocycles. The van der Waals surface area contributed by atoms with Crippen LogP contribution in [0.2, 0.25) is 0 Å². The molecule has 3 heterocycles. The second-order valence-electron chi connectivity index (χ2n) is 6.69. The third-order valence-electron chi connectivity index (χ3n) is 4.55. The fourth-order valence-electron chi connectivity index (χ4n) is 3.09. The van der Waals surface area contributed by atoms with Crippen LogP contribution >= 0.6 is 0 Å². The molecule has 0 radical (unpaired) electrons. The van der Waals surface area contributed by atoms with Crippen molar-refractivity contribution in [1.29, 1.82) is 0 Å². The number of para-hydroxylation sites is 2. The Labute approximate surface area is 162 Å². The zero-order chi connectivity index (χ0) is 19.2. The van der Waals surface area contributed by atoms with Crippen molar-refractivity contribution in [2.24, 2.45) is 0 Å². The van der Waals surface area contributed by atoms with Gasteiger partial charge in [0.1, 0.15) is 6.61 Å². The SMILES string of the molecule is O=C(CCCCCn1cccc1)Nc1n[nH]c([C@H]2COc3ccccc3O2)n1. The zero-order valence-electron chi connectivity index (χ0n) is 15.5. The van der Waals surface area contributed by atoms with E-state index in [-0.39, 0.29) is 18.0 Å². The van der Waals surface area contributed by atoms with Crippen molar-refractivity contribution in [3.05, 3.63) is 54.6 Å². The summed E-state index contributed by atoms with van der Waals surface area (Å²) in [6.45, 7) is 1.31. The maximum Gasteiger partial charge on any atom is 0.248 e. The minimum atomic E-state index is -0.387. The van der Waals surface area contributed by atoms with E-state index in [1.165, 1.54) is 0 Å². The van der Waals surface area contributed by atoms with Gasteiger partial charge in [0.05, 0.1) is 0 Å². The van der Waals surface area contributed by atoms with Crippen LogP contribution in [0, 0.1) is 0 Å². The number of hydrogen-bond acceptors (Lipinski definition) is 5. The molecule has 0 saturated carbocycles. The Bertz CT molecular complexity index is 906. The lowest BCUT2D eigenvalue weighted by Gasteiger charge is -2.24. The van der Waals surface area contributed by atoms with E-state index in [0.717, 1.165) is 25.8 Å². The summed E-state index contributed by atoms with van der Waals surface area (Å²) in [6, 6.07) is 11.5. The largest absolute Gasteiger partial charge is 0.485 e. The lowest BCUT2D eigenvalue weighted by atomic mass is 10.2. The molecule has 0 fully saturated rings. The van der Waals surface area contributed by atoms with Gasteiger partial charge in [0.25, 0.3) is 0 Å². The molecular formula is C20H23N5O3. The van der Waals surface area contributed by atoms with Crippen LogP contribution in [0.1, 0.15) is 37.6 Å². The van der Waals surface area contributed by atoms with E-state index in [1.54, 1.807) is 0 Å². The number of aryl methyl sites for hydroxylation is 1. The van der Waals surface area contributed by atoms with Gasteiger partial charge in [-0.15, -0.1) is 5.10 Å². The van der Waals surface area contributed by atoms with Crippen LogP contribution < -0.4 is 14.8 Å². The van der Waals surface area contributed by atoms with E-state index in [9.17, 15) is 4.79 Å². The minimum Gasteiger partial charge on any atom is -0.485 e. The summed E-state index contributed by atoms with van der Waals surface area (Å²) in [5, 5.41) is 9.61. The number of nitrogens with one attached hydrogen (secondary N) is 2. The minimum absolute atomic E-state index is 0.0855. The summed E-state index contributed by atoms with van der Waals surface area (Å²) in [4.78, 5) is 16.4. The summed E-state index contributed by atoms with van der Waals surface area (Å²) < 4.78 is 13.7. The van der Waals surface area contributed by atoms with Crippen molar-refractivity contribution in [3.63, 3.8) is 0 Å². The number of aromatic amines is 1. The molecular weight excluding hydrogens is 358 g/mol. The number of unbranched alkanes of at least 4 members (excludes halogenated alkanes) is 2. The van der Waals surface area contributed by atoms with E-state index < -0.39 is 0 Å². The van der Waals surface area contributed by atoms with Crippen LogP contribution in [0.15, 0.2) is 48.8 Å². The summed E-state index contributed by atoms with van der Waals surface area (Å²) in [6.07, 6.45) is 7.04. The van der Waals surface area contributed by atoms with Crippen molar-refractivity contribution < 1.29 is 14.3 Å². The number of carbonyl (C=O) groups is 1. The summed E-state index contributed by atoms with van der Waals surface area (Å²) in [5.74, 6) is 2.08. The smallest absolute Gasteiger partial charge is 0.248 e. The molecule has 2 N–H and O–H groups in total. The summed E-state index contributed by atoms with van der Waals surface area (Å²) in [5.41, 5.74) is 0. The number of nitrogens with zero attached hydrogens (tertiary/aromatic N) is 3. The van der Waals surface area contributed by atoms with Gasteiger partial charge >= 0.3 is 0 Å². The van der Waals surface area contributed by atoms with Gasteiger partial charge in [-0.05, 0) is 37.1 Å². The lowest BCUT2D eigenvalue weighted by molar-refractivity contribution is -0.116. The zero-order valence-corrected chi connectivity index (χ0v) is 15.5. The van der Waals surface area contributed by atoms with Crippen LogP contribution in [-0.4, -0.2) is 32.3 Å². The third-order valence-corrected chi connectivity index (χ3v) is 4.55. The number of benzene rings is 1. The van der Waals surface area contributed by atoms with Gasteiger partial charge in [-0.2, -0.15) is 4.98 Å². The Kier molecular flexibility index (Phi) is 5.56. The highest BCUT2D eigenvalue weighted by Crippen LogP contribution is 2.35. The van der Waals surface area contributed by atoms with E-state index in [2.05, 4.69) is 25.1 Å². The molecule has 4 rings (SSSR count). The molecule has 0 bridgehead atoms. The van der Waals surface area contributed by atoms with E-state index in [4.69, 9.17) is 9.47 Å². The molecule has 3 aromatic rings. The number of ether oxygens (including phenoxy) is 2. The number of H-pyrrole nitrogens is 1. The first-order valence-electron chi connectivity index (χ1n) is 9.49. The number of fused-ring (bicyclic) bond motifs is 1. The van der Waals surface area contributed by atoms with Gasteiger partial charge in [-0.25, -0.2) is 0 Å². The predicted molar refractivity (Wildman–Crippen MR) is 103 cm³/mol. The number of hydrogen-bond donors (Lipinski definition) is 2. The lowest BCUT2D eigenvalue weighted by Crippen LogP contribution is -2.22. The van der Waals surface area contributed by atoms with Crippen LogP contribution in [0.3, 0.4) is 0 Å². The van der Waals surface area contributed by atoms with Crippen LogP contribution in [0.5, 0.6) is 11.5 Å². The number of amides is 1. The van der Waals surface area contributed by atoms with Gasteiger partial charge in [0.15, 0.2) is 23.4 Å². The first-order valence-corrected chi connectivity index (χ1v) is 9.49. The molecule has 1 aliphatic rings. The summed E-state index contributed by atoms with van der Waals surface area (Å²) >= 11 is 0. The monoisotopic (exact) mass is 381 g/mol. The average molecular weight is 381 g/mol. The highest BCUT2D eigenvalue weighted by molar-refractivity contribution is 5.88. The van der Waals surface area contributed by atoms with E-state index >= 15 is 0 Å². The fraction of sp³-hybridized carbons (Fsp3) is 0.350. The number of anilines is 1. The maximum atomic E-state index is 12.1. The molecule has 2 aromatic heterocycles. The average Bonchev–Trinajstić information content (AvgIpc) is 3.39. The van der Waals surface area contributed by atoms with Gasteiger partial charge in [-0.3, -0.25) is 15.2 Å². The number of rotatable bonds is 8. The normalized spacial score (nSPS) is 15.4. The molecule has 1 aliphatic heterocycles. The summed E-state index contributed by atoms with van der Waals surface area (Å²) in [7, 11) is 0. The van der Waals surface area contributed by atoms with Crippen molar-refractivity contribution in [1.82, 2.24) is 19.7 Å². The number of aromatic nitrogens is 4. The Morgan fingerprint density at radius 2 is 1.96 bits per heavy atom. The van der Waals surface area contributed by atoms with Crippen LogP contribution in [0.25, 0.3) is 0 Å². The van der Waals surface area contributed by atoms with Crippen molar-refractivity contribution in [3.8, 4) is 11.5 Å². The fourth-order valence-corrected chi connectivity index (χ4v) is 3.09. The van der Waals surface area contributed by atoms with Gasteiger partial charge in [0.2, 0.25) is 11.9 Å². The van der Waals surface area contributed by atoms with E-state index in [0.29, 0.717) is 30.4 Å². The molecule has 0 unspecified atom stereocenters. The third kappa shape index (κ3) is 4.51. The molecule has 0 aliphatic carbocycles. The van der Waals surface area contributed by atoms with Crippen molar-refractivity contribution >= 4 is 11.9 Å². The second kappa shape index (κ2) is 8.60. The molecule has 8 heteroatoms. The first-order chi connectivity index (χ1) is 13.8. The first kappa shape index (κ1) is 18.1. The Balaban J connectivity index is 1.21. The Morgan fingerprint density at radius 3 is 2.82 bits per heavy atom. The Hall–Kier alpha value is -3.29. The molecule has 146 valence electrons. The number of carbonyl (C=O) groups excluding carboxylic acids is 1. The van der Waals surface area contributed by atoms with Gasteiger partial charge in [-0.1, -0.05) is 18.6 Å². The molecule has 1 amide bonds. The second-order valence-corrected chi connectivity index (χ2v) is 6.69. The highest BCUT2D eigenvalue weighted by atomic mass is 16.6. The standard InChI is InChI=1S/C20H23N5O3/c26-18(10-2-1-5-11-25-12-6-7-13-25)21-20-22-19(23-24-20)17-14-27-15-8-3-4-9-16(15)28-17/h3-4,6-9,12-13,17H,1-2,5,10-11,14H2,(H2,21,22,23,24,26)/t17-/m1/s1.